The minimum Gasteiger partial charge on any atom is -0.506 e. The number of nitrogens with one attached hydrogen (secondary N) is 1. The van der Waals surface area contributed by atoms with Gasteiger partial charge in [0.05, 0.1) is 5.69 Å². The maximum atomic E-state index is 12.1. The van der Waals surface area contributed by atoms with E-state index in [-0.39, 0.29) is 11.7 Å². The Kier molecular flexibility index (Phi) is 4.48. The zero-order valence-electron chi connectivity index (χ0n) is 12.4. The van der Waals surface area contributed by atoms with Crippen LogP contribution < -0.4 is 10.1 Å². The largest absolute Gasteiger partial charge is 0.506 e. The van der Waals surface area contributed by atoms with E-state index in [0.29, 0.717) is 11.4 Å². The first-order chi connectivity index (χ1) is 9.95. The molecule has 0 bridgehead atoms. The number of carbonyl (C=O) groups excluding carboxylic acids is 1. The van der Waals surface area contributed by atoms with E-state index in [2.05, 4.69) is 5.32 Å². The quantitative estimate of drug-likeness (QED) is 0.846. The molecule has 0 saturated carbocycles. The van der Waals surface area contributed by atoms with Gasteiger partial charge in [-0.2, -0.15) is 0 Å². The molecule has 2 aromatic carbocycles. The first kappa shape index (κ1) is 14.9. The number of phenolic OH excluding ortho intramolecular Hbond substituents is 1. The lowest BCUT2D eigenvalue weighted by atomic mass is 10.2. The highest BCUT2D eigenvalue weighted by Crippen LogP contribution is 2.24. The first-order valence-electron chi connectivity index (χ1n) is 6.79. The zero-order valence-corrected chi connectivity index (χ0v) is 12.4. The third-order valence-corrected chi connectivity index (χ3v) is 3.11. The normalized spacial score (nSPS) is 11.8. The summed E-state index contributed by atoms with van der Waals surface area (Å²) in [7, 11) is 0. The third kappa shape index (κ3) is 3.99. The number of amides is 1. The standard InChI is InChI=1S/C17H19NO3/c1-11-4-7-14(8-5-11)21-13(3)17(20)18-15-9-6-12(2)10-16(15)19/h4-10,13,19H,1-3H3,(H,18,20)/t13-/m0/s1. The van der Waals surface area contributed by atoms with Crippen molar-refractivity contribution in [1.82, 2.24) is 0 Å². The summed E-state index contributed by atoms with van der Waals surface area (Å²) in [6.45, 7) is 5.52. The summed E-state index contributed by atoms with van der Waals surface area (Å²) in [4.78, 5) is 12.1. The number of benzene rings is 2. The van der Waals surface area contributed by atoms with E-state index in [0.717, 1.165) is 11.1 Å². The Morgan fingerprint density at radius 3 is 2.33 bits per heavy atom. The van der Waals surface area contributed by atoms with Crippen LogP contribution in [0.2, 0.25) is 0 Å². The number of rotatable bonds is 4. The Bertz CT molecular complexity index is 635. The number of aromatic hydroxyl groups is 1. The predicted molar refractivity (Wildman–Crippen MR) is 82.7 cm³/mol. The smallest absolute Gasteiger partial charge is 0.265 e. The second-order valence-corrected chi connectivity index (χ2v) is 5.08. The molecule has 0 aliphatic rings. The van der Waals surface area contributed by atoms with Crippen LogP contribution in [0.1, 0.15) is 18.1 Å². The highest BCUT2D eigenvalue weighted by molar-refractivity contribution is 5.95. The van der Waals surface area contributed by atoms with Crippen molar-refractivity contribution in [3.05, 3.63) is 53.6 Å². The molecule has 110 valence electrons. The molecule has 0 aliphatic heterocycles. The van der Waals surface area contributed by atoms with Gasteiger partial charge in [0.1, 0.15) is 11.5 Å². The summed E-state index contributed by atoms with van der Waals surface area (Å²) in [5.41, 5.74) is 2.43. The number of phenols is 1. The second-order valence-electron chi connectivity index (χ2n) is 5.08. The topological polar surface area (TPSA) is 58.6 Å². The summed E-state index contributed by atoms with van der Waals surface area (Å²) in [5, 5.41) is 12.4. The molecule has 1 amide bonds. The summed E-state index contributed by atoms with van der Waals surface area (Å²) in [5.74, 6) is 0.372. The molecule has 0 aliphatic carbocycles. The number of ether oxygens (including phenoxy) is 1. The minimum atomic E-state index is -0.659. The van der Waals surface area contributed by atoms with Crippen LogP contribution >= 0.6 is 0 Å². The number of hydrogen-bond donors (Lipinski definition) is 2. The van der Waals surface area contributed by atoms with Gasteiger partial charge in [0.2, 0.25) is 0 Å². The Morgan fingerprint density at radius 2 is 1.71 bits per heavy atom. The van der Waals surface area contributed by atoms with Gasteiger partial charge in [-0.15, -0.1) is 0 Å². The van der Waals surface area contributed by atoms with Crippen LogP contribution in [0.4, 0.5) is 5.69 Å². The van der Waals surface area contributed by atoms with Crippen molar-refractivity contribution in [2.75, 3.05) is 5.32 Å². The lowest BCUT2D eigenvalue weighted by Crippen LogP contribution is -2.30. The van der Waals surface area contributed by atoms with Crippen molar-refractivity contribution in [3.8, 4) is 11.5 Å². The second kappa shape index (κ2) is 6.31. The van der Waals surface area contributed by atoms with Crippen LogP contribution in [-0.2, 0) is 4.79 Å². The van der Waals surface area contributed by atoms with Gasteiger partial charge < -0.3 is 15.2 Å². The number of anilines is 1. The molecule has 0 aromatic heterocycles. The number of carbonyl (C=O) groups is 1. The van der Waals surface area contributed by atoms with Crippen molar-refractivity contribution in [2.45, 2.75) is 26.9 Å². The first-order valence-corrected chi connectivity index (χ1v) is 6.79. The molecule has 4 heteroatoms. The molecule has 0 heterocycles. The van der Waals surface area contributed by atoms with E-state index in [4.69, 9.17) is 4.74 Å². The van der Waals surface area contributed by atoms with Gasteiger partial charge in [-0.3, -0.25) is 4.79 Å². The van der Waals surface area contributed by atoms with Crippen LogP contribution in [0.5, 0.6) is 11.5 Å². The molecular formula is C17H19NO3. The molecule has 21 heavy (non-hydrogen) atoms. The molecule has 0 unspecified atom stereocenters. The zero-order chi connectivity index (χ0) is 15.4. The Balaban J connectivity index is 2.00. The fourth-order valence-corrected chi connectivity index (χ4v) is 1.86. The van der Waals surface area contributed by atoms with Gasteiger partial charge in [0.25, 0.3) is 5.91 Å². The number of aryl methyl sites for hydroxylation is 2. The fraction of sp³-hybridized carbons (Fsp3) is 0.235. The third-order valence-electron chi connectivity index (χ3n) is 3.11. The van der Waals surface area contributed by atoms with Crippen LogP contribution in [-0.4, -0.2) is 17.1 Å². The van der Waals surface area contributed by atoms with E-state index in [9.17, 15) is 9.90 Å². The summed E-state index contributed by atoms with van der Waals surface area (Å²) in [6, 6.07) is 12.6. The average Bonchev–Trinajstić information content (AvgIpc) is 2.44. The van der Waals surface area contributed by atoms with Crippen LogP contribution in [0.15, 0.2) is 42.5 Å². The summed E-state index contributed by atoms with van der Waals surface area (Å²) < 4.78 is 5.57. The van der Waals surface area contributed by atoms with E-state index in [1.165, 1.54) is 0 Å². The molecule has 0 radical (unpaired) electrons. The highest BCUT2D eigenvalue weighted by Gasteiger charge is 2.16. The van der Waals surface area contributed by atoms with Crippen LogP contribution in [0.25, 0.3) is 0 Å². The van der Waals surface area contributed by atoms with Gasteiger partial charge in [-0.05, 0) is 50.6 Å². The SMILES string of the molecule is Cc1ccc(O[C@@H](C)C(=O)Nc2ccc(C)cc2O)cc1. The molecule has 0 fully saturated rings. The molecule has 0 saturated heterocycles. The van der Waals surface area contributed by atoms with Gasteiger partial charge in [0, 0.05) is 0 Å². The summed E-state index contributed by atoms with van der Waals surface area (Å²) in [6.07, 6.45) is -0.659. The minimum absolute atomic E-state index is 0.0471. The van der Waals surface area contributed by atoms with Gasteiger partial charge >= 0.3 is 0 Å². The summed E-state index contributed by atoms with van der Waals surface area (Å²) >= 11 is 0. The van der Waals surface area contributed by atoms with Crippen molar-refractivity contribution >= 4 is 11.6 Å². The number of hydrogen-bond acceptors (Lipinski definition) is 3. The van der Waals surface area contributed by atoms with Crippen LogP contribution in [0, 0.1) is 13.8 Å². The predicted octanol–water partition coefficient (Wildman–Crippen LogP) is 3.42. The molecule has 2 aromatic rings. The van der Waals surface area contributed by atoms with E-state index < -0.39 is 6.10 Å². The van der Waals surface area contributed by atoms with Crippen molar-refractivity contribution in [2.24, 2.45) is 0 Å². The fourth-order valence-electron chi connectivity index (χ4n) is 1.86. The molecule has 4 nitrogen and oxygen atoms in total. The molecular weight excluding hydrogens is 266 g/mol. The van der Waals surface area contributed by atoms with E-state index in [1.807, 2.05) is 44.2 Å². The van der Waals surface area contributed by atoms with Gasteiger partial charge in [-0.25, -0.2) is 0 Å². The van der Waals surface area contributed by atoms with Crippen molar-refractivity contribution in [3.63, 3.8) is 0 Å². The van der Waals surface area contributed by atoms with Crippen molar-refractivity contribution in [1.29, 1.82) is 0 Å². The Morgan fingerprint density at radius 1 is 1.10 bits per heavy atom. The Labute approximate surface area is 124 Å². The van der Waals surface area contributed by atoms with Crippen molar-refractivity contribution < 1.29 is 14.6 Å². The maximum Gasteiger partial charge on any atom is 0.265 e. The van der Waals surface area contributed by atoms with E-state index >= 15 is 0 Å². The average molecular weight is 285 g/mol. The molecule has 2 rings (SSSR count). The lowest BCUT2D eigenvalue weighted by molar-refractivity contribution is -0.122. The highest BCUT2D eigenvalue weighted by atomic mass is 16.5. The monoisotopic (exact) mass is 285 g/mol. The maximum absolute atomic E-state index is 12.1. The van der Waals surface area contributed by atoms with E-state index in [1.54, 1.807) is 19.1 Å². The lowest BCUT2D eigenvalue weighted by Gasteiger charge is -2.15. The van der Waals surface area contributed by atoms with Crippen LogP contribution in [0.3, 0.4) is 0 Å². The van der Waals surface area contributed by atoms with Gasteiger partial charge in [-0.1, -0.05) is 23.8 Å². The molecule has 0 spiro atoms. The van der Waals surface area contributed by atoms with Gasteiger partial charge in [0.15, 0.2) is 6.10 Å². The molecule has 1 atom stereocenters. The Hall–Kier alpha value is -2.49. The molecule has 2 N–H and O–H groups in total.